The van der Waals surface area contributed by atoms with Gasteiger partial charge in [0.25, 0.3) is 5.91 Å². The number of nitrogens with zero attached hydrogens (tertiary/aromatic N) is 2. The Morgan fingerprint density at radius 3 is 2.44 bits per heavy atom. The molecular formula is C20H25N3O4. The molecule has 2 fully saturated rings. The molecule has 27 heavy (non-hydrogen) atoms. The minimum Gasteiger partial charge on any atom is -0.447 e. The van der Waals surface area contributed by atoms with Gasteiger partial charge in [-0.15, -0.1) is 0 Å². The third-order valence-electron chi connectivity index (χ3n) is 5.58. The molecule has 1 aromatic carbocycles. The molecule has 1 N–H and O–H groups in total. The molecule has 7 heteroatoms. The van der Waals surface area contributed by atoms with E-state index < -0.39 is 0 Å². The maximum atomic E-state index is 12.8. The zero-order valence-corrected chi connectivity index (χ0v) is 15.7. The Bertz CT molecular complexity index is 753. The normalized spacial score (nSPS) is 22.7. The first-order valence-corrected chi connectivity index (χ1v) is 9.08. The van der Waals surface area contributed by atoms with Gasteiger partial charge in [-0.25, -0.2) is 4.79 Å². The summed E-state index contributed by atoms with van der Waals surface area (Å²) in [6, 6.07) is 6.99. The monoisotopic (exact) mass is 371 g/mol. The maximum Gasteiger partial charge on any atom is 0.407 e. The molecule has 2 aliphatic rings. The molecule has 0 saturated carbocycles. The molecule has 2 aliphatic heterocycles. The topological polar surface area (TPSA) is 79.0 Å². The predicted molar refractivity (Wildman–Crippen MR) is 102 cm³/mol. The molecule has 0 bridgehead atoms. The summed E-state index contributed by atoms with van der Waals surface area (Å²) in [5, 5.41) is 2.90. The number of cyclic esters (lactones) is 1. The van der Waals surface area contributed by atoms with Crippen molar-refractivity contribution in [2.45, 2.75) is 25.3 Å². The van der Waals surface area contributed by atoms with Crippen LogP contribution < -0.4 is 10.2 Å². The summed E-state index contributed by atoms with van der Waals surface area (Å²) >= 11 is 0. The van der Waals surface area contributed by atoms with Crippen LogP contribution in [0.3, 0.4) is 0 Å². The van der Waals surface area contributed by atoms with E-state index in [0.717, 1.165) is 12.8 Å². The Labute approximate surface area is 159 Å². The predicted octanol–water partition coefficient (Wildman–Crippen LogP) is 2.19. The van der Waals surface area contributed by atoms with Crippen molar-refractivity contribution in [3.8, 4) is 0 Å². The molecule has 2 heterocycles. The number of carbonyl (C=O) groups is 3. The van der Waals surface area contributed by atoms with Gasteiger partial charge in [0.1, 0.15) is 6.61 Å². The molecule has 2 saturated heterocycles. The molecule has 7 nitrogen and oxygen atoms in total. The highest BCUT2D eigenvalue weighted by molar-refractivity contribution is 6.01. The highest BCUT2D eigenvalue weighted by atomic mass is 16.6. The molecule has 0 radical (unpaired) electrons. The summed E-state index contributed by atoms with van der Waals surface area (Å²) in [6.45, 7) is 7.14. The third-order valence-corrected chi connectivity index (χ3v) is 5.58. The number of anilines is 1. The van der Waals surface area contributed by atoms with Crippen LogP contribution in [-0.2, 0) is 9.53 Å². The van der Waals surface area contributed by atoms with E-state index in [1.54, 1.807) is 31.3 Å². The number of piperidine rings is 1. The molecule has 3 amide bonds. The van der Waals surface area contributed by atoms with Crippen LogP contribution in [0.5, 0.6) is 0 Å². The Kier molecular flexibility index (Phi) is 5.21. The van der Waals surface area contributed by atoms with Crippen LogP contribution >= 0.6 is 0 Å². The van der Waals surface area contributed by atoms with Gasteiger partial charge in [0.15, 0.2) is 0 Å². The van der Waals surface area contributed by atoms with E-state index in [2.05, 4.69) is 11.9 Å². The van der Waals surface area contributed by atoms with Gasteiger partial charge in [0.05, 0.1) is 5.54 Å². The lowest BCUT2D eigenvalue weighted by Gasteiger charge is -2.39. The standard InChI is InChI=1S/C20H25N3O4/c1-4-17(24)22(3)16-7-5-14(6-8-16)18(25)23-11-9-15(10-12-23)20(2)13-27-19(26)21-20/h4-8,15H,1,9-13H2,2-3H3,(H,21,26). The first-order chi connectivity index (χ1) is 12.8. The average Bonchev–Trinajstić information content (AvgIpc) is 3.06. The second-order valence-electron chi connectivity index (χ2n) is 7.33. The maximum absolute atomic E-state index is 12.8. The van der Waals surface area contributed by atoms with Crippen LogP contribution in [0, 0.1) is 5.92 Å². The van der Waals surface area contributed by atoms with E-state index in [0.29, 0.717) is 30.9 Å². The van der Waals surface area contributed by atoms with Crippen LogP contribution in [0.1, 0.15) is 30.1 Å². The van der Waals surface area contributed by atoms with E-state index in [-0.39, 0.29) is 29.4 Å². The van der Waals surface area contributed by atoms with E-state index in [1.807, 2.05) is 11.8 Å². The largest absolute Gasteiger partial charge is 0.447 e. The van der Waals surface area contributed by atoms with Gasteiger partial charge in [0, 0.05) is 31.4 Å². The van der Waals surface area contributed by atoms with Crippen LogP contribution in [0.4, 0.5) is 10.5 Å². The lowest BCUT2D eigenvalue weighted by atomic mass is 9.80. The number of rotatable bonds is 4. The lowest BCUT2D eigenvalue weighted by Crippen LogP contribution is -2.52. The number of nitrogens with one attached hydrogen (secondary N) is 1. The first kappa shape index (κ1) is 18.9. The Hall–Kier alpha value is -2.83. The van der Waals surface area contributed by atoms with E-state index in [1.165, 1.54) is 11.0 Å². The van der Waals surface area contributed by atoms with Crippen molar-refractivity contribution in [1.82, 2.24) is 10.2 Å². The fourth-order valence-electron chi connectivity index (χ4n) is 3.73. The van der Waals surface area contributed by atoms with Crippen molar-refractivity contribution in [2.24, 2.45) is 5.92 Å². The van der Waals surface area contributed by atoms with Crippen LogP contribution in [0.25, 0.3) is 0 Å². The Balaban J connectivity index is 1.60. The van der Waals surface area contributed by atoms with E-state index >= 15 is 0 Å². The van der Waals surface area contributed by atoms with Crippen LogP contribution in [0.15, 0.2) is 36.9 Å². The summed E-state index contributed by atoms with van der Waals surface area (Å²) in [4.78, 5) is 39.1. The van der Waals surface area contributed by atoms with E-state index in [9.17, 15) is 14.4 Å². The Morgan fingerprint density at radius 2 is 1.93 bits per heavy atom. The zero-order valence-electron chi connectivity index (χ0n) is 15.7. The highest BCUT2D eigenvalue weighted by Crippen LogP contribution is 2.31. The van der Waals surface area contributed by atoms with Crippen molar-refractivity contribution < 1.29 is 19.1 Å². The van der Waals surface area contributed by atoms with Gasteiger partial charge in [0.2, 0.25) is 5.91 Å². The summed E-state index contributed by atoms with van der Waals surface area (Å²) in [6.07, 6.45) is 2.53. The number of likely N-dealkylation sites (N-methyl/N-ethyl adjacent to an activating group) is 1. The number of amides is 3. The van der Waals surface area contributed by atoms with Gasteiger partial charge in [-0.05, 0) is 56.0 Å². The minimum absolute atomic E-state index is 0.0189. The van der Waals surface area contributed by atoms with Crippen LogP contribution in [0.2, 0.25) is 0 Å². The van der Waals surface area contributed by atoms with Crippen molar-refractivity contribution >= 4 is 23.6 Å². The Morgan fingerprint density at radius 1 is 1.30 bits per heavy atom. The first-order valence-electron chi connectivity index (χ1n) is 9.08. The number of ether oxygens (including phenoxy) is 1. The number of benzene rings is 1. The van der Waals surface area contributed by atoms with Gasteiger partial charge in [-0.1, -0.05) is 6.58 Å². The smallest absolute Gasteiger partial charge is 0.407 e. The molecule has 1 aromatic rings. The minimum atomic E-state index is -0.365. The van der Waals surface area contributed by atoms with Crippen molar-refractivity contribution in [2.75, 3.05) is 31.6 Å². The molecule has 0 aromatic heterocycles. The second kappa shape index (κ2) is 7.42. The van der Waals surface area contributed by atoms with Crippen molar-refractivity contribution in [3.05, 3.63) is 42.5 Å². The number of hydrogen-bond donors (Lipinski definition) is 1. The zero-order chi connectivity index (χ0) is 19.6. The summed E-state index contributed by atoms with van der Waals surface area (Å²) in [7, 11) is 1.66. The van der Waals surface area contributed by atoms with Crippen molar-refractivity contribution in [1.29, 1.82) is 0 Å². The number of hydrogen-bond acceptors (Lipinski definition) is 4. The number of alkyl carbamates (subject to hydrolysis) is 1. The second-order valence-corrected chi connectivity index (χ2v) is 7.33. The average molecular weight is 371 g/mol. The molecular weight excluding hydrogens is 346 g/mol. The van der Waals surface area contributed by atoms with Gasteiger partial charge >= 0.3 is 6.09 Å². The fourth-order valence-corrected chi connectivity index (χ4v) is 3.73. The SMILES string of the molecule is C=CC(=O)N(C)c1ccc(C(=O)N2CCC(C3(C)COC(=O)N3)CC2)cc1. The highest BCUT2D eigenvalue weighted by Gasteiger charge is 2.43. The molecule has 0 aliphatic carbocycles. The number of carbonyl (C=O) groups excluding carboxylic acids is 3. The molecule has 1 atom stereocenters. The quantitative estimate of drug-likeness (QED) is 0.823. The van der Waals surface area contributed by atoms with Gasteiger partial charge in [-0.3, -0.25) is 9.59 Å². The molecule has 144 valence electrons. The lowest BCUT2D eigenvalue weighted by molar-refractivity contribution is -0.113. The molecule has 1 unspecified atom stereocenters. The van der Waals surface area contributed by atoms with Gasteiger partial charge < -0.3 is 19.9 Å². The third kappa shape index (κ3) is 3.82. The van der Waals surface area contributed by atoms with Crippen molar-refractivity contribution in [3.63, 3.8) is 0 Å². The summed E-state index contributed by atoms with van der Waals surface area (Å²) in [5.74, 6) is 0.0659. The van der Waals surface area contributed by atoms with Crippen LogP contribution in [-0.4, -0.2) is 55.1 Å². The number of likely N-dealkylation sites (tertiary alicyclic amines) is 1. The molecule has 3 rings (SSSR count). The van der Waals surface area contributed by atoms with E-state index in [4.69, 9.17) is 4.74 Å². The van der Waals surface area contributed by atoms with Gasteiger partial charge in [-0.2, -0.15) is 0 Å². The summed E-state index contributed by atoms with van der Waals surface area (Å²) in [5.41, 5.74) is 0.955. The summed E-state index contributed by atoms with van der Waals surface area (Å²) < 4.78 is 5.06. The molecule has 0 spiro atoms. The fraction of sp³-hybridized carbons (Fsp3) is 0.450.